The molecule has 3 N–H and O–H groups in total. The number of benzene rings is 2. The lowest BCUT2D eigenvalue weighted by molar-refractivity contribution is -0.132. The van der Waals surface area contributed by atoms with E-state index in [-0.39, 0.29) is 36.2 Å². The Morgan fingerprint density at radius 2 is 1.83 bits per heavy atom. The van der Waals surface area contributed by atoms with Gasteiger partial charge < -0.3 is 25.4 Å². The topological polar surface area (TPSA) is 153 Å². The zero-order valence-corrected chi connectivity index (χ0v) is 23.7. The van der Waals surface area contributed by atoms with Crippen molar-refractivity contribution in [3.8, 4) is 23.3 Å². The Balaban J connectivity index is 1.39. The lowest BCUT2D eigenvalue weighted by Crippen LogP contribution is -2.53. The molecule has 1 aliphatic heterocycles. The van der Waals surface area contributed by atoms with Crippen molar-refractivity contribution in [2.45, 2.75) is 25.4 Å². The number of anilines is 1. The number of hydrogen-bond donors (Lipinski definition) is 2. The molecule has 12 nitrogen and oxygen atoms in total. The Labute approximate surface area is 242 Å². The summed E-state index contributed by atoms with van der Waals surface area (Å²) in [5, 5.41) is 13.0. The second-order valence-corrected chi connectivity index (χ2v) is 10.5. The standard InChI is InChI=1S/C30H32N8O4/c1-30(2,35-13-14-41-3)15-20(16-31)28(39)36-17-22(18-36)38-27-25(26(32)33-19-34-27)37(29(38)40)21-9-11-24(12-10-21)42-23-7-5-4-6-8-23/h4-12,15,19,22,35H,13-14,17-18H2,1-3H3,(H2,32,33,34)/b20-15-. The van der Waals surface area contributed by atoms with E-state index in [4.69, 9.17) is 15.2 Å². The first kappa shape index (κ1) is 28.5. The van der Waals surface area contributed by atoms with Gasteiger partial charge in [-0.2, -0.15) is 5.26 Å². The molecule has 1 saturated heterocycles. The minimum absolute atomic E-state index is 0.0301. The van der Waals surface area contributed by atoms with E-state index in [0.29, 0.717) is 41.5 Å². The van der Waals surface area contributed by atoms with E-state index < -0.39 is 11.4 Å². The van der Waals surface area contributed by atoms with Crippen LogP contribution in [0.4, 0.5) is 5.82 Å². The normalized spacial score (nSPS) is 14.0. The van der Waals surface area contributed by atoms with E-state index in [1.807, 2.05) is 50.2 Å². The van der Waals surface area contributed by atoms with Gasteiger partial charge in [-0.05, 0) is 56.3 Å². The predicted octanol–water partition coefficient (Wildman–Crippen LogP) is 2.80. The van der Waals surface area contributed by atoms with Crippen molar-refractivity contribution in [3.63, 3.8) is 0 Å². The fraction of sp³-hybridized carbons (Fsp3) is 0.300. The molecule has 4 aromatic rings. The minimum atomic E-state index is -0.593. The molecule has 2 aromatic heterocycles. The molecule has 2 aromatic carbocycles. The van der Waals surface area contributed by atoms with Crippen molar-refractivity contribution >= 4 is 22.9 Å². The van der Waals surface area contributed by atoms with E-state index >= 15 is 0 Å². The van der Waals surface area contributed by atoms with Crippen molar-refractivity contribution in [2.75, 3.05) is 39.1 Å². The monoisotopic (exact) mass is 568 g/mol. The average Bonchev–Trinajstić information content (AvgIpc) is 3.25. The molecule has 0 aliphatic carbocycles. The Morgan fingerprint density at radius 3 is 2.50 bits per heavy atom. The smallest absolute Gasteiger partial charge is 0.335 e. The Hall–Kier alpha value is -4.99. The molecule has 0 saturated carbocycles. The number of nitrogens with zero attached hydrogens (tertiary/aromatic N) is 6. The summed E-state index contributed by atoms with van der Waals surface area (Å²) in [6.45, 7) is 5.31. The van der Waals surface area contributed by atoms with Crippen LogP contribution in [0.25, 0.3) is 16.9 Å². The van der Waals surface area contributed by atoms with Gasteiger partial charge in [0, 0.05) is 32.3 Å². The van der Waals surface area contributed by atoms with Gasteiger partial charge >= 0.3 is 5.69 Å². The number of nitrogen functional groups attached to an aromatic ring is 1. The van der Waals surface area contributed by atoms with Crippen LogP contribution in [0.3, 0.4) is 0 Å². The number of amides is 1. The highest BCUT2D eigenvalue weighted by atomic mass is 16.5. The molecule has 1 amide bonds. The summed E-state index contributed by atoms with van der Waals surface area (Å²) in [7, 11) is 1.61. The largest absolute Gasteiger partial charge is 0.457 e. The van der Waals surface area contributed by atoms with Crippen molar-refractivity contribution < 1.29 is 14.3 Å². The van der Waals surface area contributed by atoms with E-state index in [1.165, 1.54) is 15.5 Å². The molecule has 0 unspecified atom stereocenters. The minimum Gasteiger partial charge on any atom is -0.457 e. The van der Waals surface area contributed by atoms with Gasteiger partial charge in [0.25, 0.3) is 5.91 Å². The number of hydrogen-bond acceptors (Lipinski definition) is 9. The predicted molar refractivity (Wildman–Crippen MR) is 157 cm³/mol. The number of carbonyl (C=O) groups excluding carboxylic acids is 1. The summed E-state index contributed by atoms with van der Waals surface area (Å²) in [5.41, 5.74) is 6.63. The highest BCUT2D eigenvalue weighted by Gasteiger charge is 2.37. The summed E-state index contributed by atoms with van der Waals surface area (Å²) < 4.78 is 14.0. The maximum Gasteiger partial charge on any atom is 0.335 e. The summed E-state index contributed by atoms with van der Waals surface area (Å²) in [6, 6.07) is 18.1. The van der Waals surface area contributed by atoms with Crippen LogP contribution in [0, 0.1) is 11.3 Å². The molecule has 0 atom stereocenters. The van der Waals surface area contributed by atoms with Crippen molar-refractivity contribution in [2.24, 2.45) is 0 Å². The number of nitriles is 1. The van der Waals surface area contributed by atoms with Gasteiger partial charge in [-0.25, -0.2) is 14.8 Å². The number of nitrogens with one attached hydrogen (secondary N) is 1. The third kappa shape index (κ3) is 5.74. The number of nitrogens with two attached hydrogens (primary N) is 1. The number of likely N-dealkylation sites (tertiary alicyclic amines) is 1. The molecule has 3 heterocycles. The lowest BCUT2D eigenvalue weighted by Gasteiger charge is -2.39. The van der Waals surface area contributed by atoms with Crippen LogP contribution in [-0.4, -0.2) is 68.8 Å². The van der Waals surface area contributed by atoms with Gasteiger partial charge in [0.2, 0.25) is 0 Å². The fourth-order valence-electron chi connectivity index (χ4n) is 4.91. The molecule has 216 valence electrons. The Kier molecular flexibility index (Phi) is 8.06. The molecule has 5 rings (SSSR count). The second kappa shape index (κ2) is 11.9. The molecule has 0 spiro atoms. The number of fused-ring (bicyclic) bond motifs is 1. The zero-order valence-electron chi connectivity index (χ0n) is 23.7. The average molecular weight is 569 g/mol. The molecule has 0 bridgehead atoms. The van der Waals surface area contributed by atoms with E-state index in [2.05, 4.69) is 15.3 Å². The summed E-state index contributed by atoms with van der Waals surface area (Å²) in [4.78, 5) is 37.0. The van der Waals surface area contributed by atoms with Crippen molar-refractivity contribution in [1.29, 1.82) is 5.26 Å². The second-order valence-electron chi connectivity index (χ2n) is 10.5. The first-order chi connectivity index (χ1) is 20.2. The third-order valence-corrected chi connectivity index (χ3v) is 7.01. The molecule has 42 heavy (non-hydrogen) atoms. The fourth-order valence-corrected chi connectivity index (χ4v) is 4.91. The number of aromatic nitrogens is 4. The molecule has 0 radical (unpaired) electrons. The van der Waals surface area contributed by atoms with Gasteiger partial charge in [-0.1, -0.05) is 18.2 Å². The van der Waals surface area contributed by atoms with Crippen molar-refractivity contribution in [3.05, 3.63) is 83.1 Å². The molecule has 1 aliphatic rings. The van der Waals surface area contributed by atoms with Gasteiger partial charge in [0.15, 0.2) is 11.5 Å². The van der Waals surface area contributed by atoms with E-state index in [1.54, 1.807) is 42.4 Å². The maximum absolute atomic E-state index is 13.8. The first-order valence-electron chi connectivity index (χ1n) is 13.5. The Bertz CT molecular complexity index is 1710. The van der Waals surface area contributed by atoms with Gasteiger partial charge in [0.1, 0.15) is 35.0 Å². The number of methoxy groups -OCH3 is 1. The highest BCUT2D eigenvalue weighted by molar-refractivity contribution is 5.98. The maximum atomic E-state index is 13.8. The quantitative estimate of drug-likeness (QED) is 0.167. The van der Waals surface area contributed by atoms with Crippen molar-refractivity contribution in [1.82, 2.24) is 29.3 Å². The summed E-state index contributed by atoms with van der Waals surface area (Å²) in [5.74, 6) is 1.07. The van der Waals surface area contributed by atoms with Gasteiger partial charge in [0.05, 0.1) is 18.3 Å². The number of carbonyl (C=O) groups is 1. The number of imidazole rings is 1. The van der Waals surface area contributed by atoms with Crippen LogP contribution in [0.15, 0.2) is 77.4 Å². The van der Waals surface area contributed by atoms with E-state index in [0.717, 1.165) is 0 Å². The number of ether oxygens (including phenoxy) is 2. The highest BCUT2D eigenvalue weighted by Crippen LogP contribution is 2.29. The van der Waals surface area contributed by atoms with E-state index in [9.17, 15) is 14.9 Å². The van der Waals surface area contributed by atoms with Crippen LogP contribution in [-0.2, 0) is 9.53 Å². The molecular weight excluding hydrogens is 536 g/mol. The zero-order chi connectivity index (χ0) is 29.9. The lowest BCUT2D eigenvalue weighted by atomic mass is 9.99. The molecule has 12 heteroatoms. The van der Waals surface area contributed by atoms with Crippen LogP contribution in [0.2, 0.25) is 0 Å². The molecule has 1 fully saturated rings. The van der Waals surface area contributed by atoms with Crippen LogP contribution in [0.5, 0.6) is 11.5 Å². The SMILES string of the molecule is COCCNC(C)(C)/C=C(/C#N)C(=O)N1CC(n2c(=O)n(-c3ccc(Oc4ccccc4)cc3)c3c(N)ncnc32)C1. The number of rotatable bonds is 10. The van der Waals surface area contributed by atoms with Crippen LogP contribution < -0.4 is 21.5 Å². The first-order valence-corrected chi connectivity index (χ1v) is 13.5. The molecular formula is C30H32N8O4. The number of para-hydroxylation sites is 1. The van der Waals surface area contributed by atoms with Gasteiger partial charge in [-0.15, -0.1) is 0 Å². The Morgan fingerprint density at radius 1 is 1.14 bits per heavy atom. The summed E-state index contributed by atoms with van der Waals surface area (Å²) >= 11 is 0. The van der Waals surface area contributed by atoms with Crippen LogP contribution in [0.1, 0.15) is 19.9 Å². The van der Waals surface area contributed by atoms with Gasteiger partial charge in [-0.3, -0.25) is 13.9 Å². The van der Waals surface area contributed by atoms with Crippen LogP contribution >= 0.6 is 0 Å². The summed E-state index contributed by atoms with van der Waals surface area (Å²) in [6.07, 6.45) is 2.93. The third-order valence-electron chi connectivity index (χ3n) is 7.01.